The largest absolute Gasteiger partial charge is 0.494 e. The number of alkyl halides is 1. The van der Waals surface area contributed by atoms with Crippen molar-refractivity contribution in [3.8, 4) is 11.5 Å². The van der Waals surface area contributed by atoms with Crippen molar-refractivity contribution in [2.75, 3.05) is 19.0 Å². The van der Waals surface area contributed by atoms with Crippen molar-refractivity contribution in [3.05, 3.63) is 54.6 Å². The van der Waals surface area contributed by atoms with Gasteiger partial charge in [-0.25, -0.2) is 4.79 Å². The van der Waals surface area contributed by atoms with Crippen LogP contribution in [-0.2, 0) is 14.3 Å². The monoisotopic (exact) mass is 459 g/mol. The van der Waals surface area contributed by atoms with Crippen LogP contribution in [0.4, 0.5) is 10.1 Å². The molecular formula is C26H34FNO5. The second kappa shape index (κ2) is 14.1. The maximum atomic E-state index is 15.3. The van der Waals surface area contributed by atoms with E-state index in [0.29, 0.717) is 12.4 Å². The van der Waals surface area contributed by atoms with E-state index in [4.69, 9.17) is 9.47 Å². The molecule has 0 aliphatic heterocycles. The number of carbonyl (C=O) groups excluding carboxylic acids is 2. The number of unbranched alkanes of at least 4 members (excludes halogenated alkanes) is 7. The molecule has 1 N–H and O–H groups in total. The lowest BCUT2D eigenvalue weighted by molar-refractivity contribution is -0.181. The SMILES string of the molecule is CCCCCCCCCCOc1cccc(NC(=O)C(F)(Oc2ccccc2)C(=O)OC)c1. The number of amides is 1. The number of carbonyl (C=O) groups is 2. The third-order valence-corrected chi connectivity index (χ3v) is 5.10. The summed E-state index contributed by atoms with van der Waals surface area (Å²) >= 11 is 0. The quantitative estimate of drug-likeness (QED) is 0.199. The molecule has 2 rings (SSSR count). The molecule has 1 atom stereocenters. The van der Waals surface area contributed by atoms with Gasteiger partial charge in [0.2, 0.25) is 0 Å². The third kappa shape index (κ3) is 8.75. The van der Waals surface area contributed by atoms with Crippen LogP contribution in [0.25, 0.3) is 0 Å². The molecule has 0 aliphatic rings. The summed E-state index contributed by atoms with van der Waals surface area (Å²) in [6.45, 7) is 2.77. The molecular weight excluding hydrogens is 425 g/mol. The summed E-state index contributed by atoms with van der Waals surface area (Å²) in [6, 6.07) is 14.3. The maximum absolute atomic E-state index is 15.3. The van der Waals surface area contributed by atoms with Crippen LogP contribution in [-0.4, -0.2) is 31.4 Å². The number of hydrogen-bond acceptors (Lipinski definition) is 5. The Morgan fingerprint density at radius 2 is 1.52 bits per heavy atom. The average Bonchev–Trinajstić information content (AvgIpc) is 2.83. The van der Waals surface area contributed by atoms with Crippen molar-refractivity contribution >= 4 is 17.6 Å². The van der Waals surface area contributed by atoms with Gasteiger partial charge < -0.3 is 19.5 Å². The Labute approximate surface area is 195 Å². The van der Waals surface area contributed by atoms with E-state index >= 15 is 4.39 Å². The van der Waals surface area contributed by atoms with Crippen molar-refractivity contribution in [3.63, 3.8) is 0 Å². The number of esters is 1. The minimum absolute atomic E-state index is 0.0167. The highest BCUT2D eigenvalue weighted by Gasteiger charge is 2.51. The van der Waals surface area contributed by atoms with E-state index in [1.807, 2.05) is 0 Å². The third-order valence-electron chi connectivity index (χ3n) is 5.10. The molecule has 1 unspecified atom stereocenters. The minimum Gasteiger partial charge on any atom is -0.494 e. The number of rotatable bonds is 15. The molecule has 0 heterocycles. The normalized spacial score (nSPS) is 12.5. The van der Waals surface area contributed by atoms with Crippen molar-refractivity contribution in [1.82, 2.24) is 0 Å². The predicted octanol–water partition coefficient (Wildman–Crippen LogP) is 6.06. The molecule has 2 aromatic carbocycles. The van der Waals surface area contributed by atoms with E-state index in [1.165, 1.54) is 50.7 Å². The highest BCUT2D eigenvalue weighted by Crippen LogP contribution is 2.25. The van der Waals surface area contributed by atoms with Gasteiger partial charge in [-0.3, -0.25) is 4.79 Å². The van der Waals surface area contributed by atoms with Gasteiger partial charge in [0, 0.05) is 11.8 Å². The Bertz CT molecular complexity index is 861. The van der Waals surface area contributed by atoms with Gasteiger partial charge in [0.25, 0.3) is 0 Å². The molecule has 0 aliphatic carbocycles. The summed E-state index contributed by atoms with van der Waals surface area (Å²) in [5.41, 5.74) is 0.274. The van der Waals surface area contributed by atoms with E-state index in [9.17, 15) is 9.59 Å². The van der Waals surface area contributed by atoms with Gasteiger partial charge in [-0.05, 0) is 30.7 Å². The summed E-state index contributed by atoms with van der Waals surface area (Å²) in [5.74, 6) is -5.53. The molecule has 180 valence electrons. The summed E-state index contributed by atoms with van der Waals surface area (Å²) in [4.78, 5) is 24.7. The average molecular weight is 460 g/mol. The molecule has 0 bridgehead atoms. The molecule has 0 aromatic heterocycles. The Morgan fingerprint density at radius 3 is 2.18 bits per heavy atom. The lowest BCUT2D eigenvalue weighted by Crippen LogP contribution is -2.51. The minimum atomic E-state index is -3.34. The molecule has 0 spiro atoms. The lowest BCUT2D eigenvalue weighted by Gasteiger charge is -2.22. The van der Waals surface area contributed by atoms with Gasteiger partial charge in [-0.1, -0.05) is 76.1 Å². The van der Waals surface area contributed by atoms with Crippen LogP contribution in [0.15, 0.2) is 54.6 Å². The Balaban J connectivity index is 1.88. The second-order valence-corrected chi connectivity index (χ2v) is 7.81. The van der Waals surface area contributed by atoms with E-state index in [1.54, 1.807) is 42.5 Å². The van der Waals surface area contributed by atoms with Gasteiger partial charge >= 0.3 is 17.7 Å². The number of halogens is 1. The molecule has 6 nitrogen and oxygen atoms in total. The fourth-order valence-electron chi connectivity index (χ4n) is 3.26. The van der Waals surface area contributed by atoms with Crippen molar-refractivity contribution < 1.29 is 28.2 Å². The van der Waals surface area contributed by atoms with Crippen LogP contribution in [0.2, 0.25) is 0 Å². The highest BCUT2D eigenvalue weighted by atomic mass is 19.2. The van der Waals surface area contributed by atoms with Crippen LogP contribution >= 0.6 is 0 Å². The Kier molecular flexibility index (Phi) is 11.2. The number of nitrogens with one attached hydrogen (secondary N) is 1. The Morgan fingerprint density at radius 1 is 0.879 bits per heavy atom. The van der Waals surface area contributed by atoms with Gasteiger partial charge in [0.05, 0.1) is 13.7 Å². The first kappa shape index (κ1) is 26.2. The molecule has 0 radical (unpaired) electrons. The van der Waals surface area contributed by atoms with Crippen molar-refractivity contribution in [2.24, 2.45) is 0 Å². The number of methoxy groups -OCH3 is 1. The van der Waals surface area contributed by atoms with Crippen LogP contribution in [0, 0.1) is 0 Å². The van der Waals surface area contributed by atoms with Crippen LogP contribution in [0.5, 0.6) is 11.5 Å². The second-order valence-electron chi connectivity index (χ2n) is 7.81. The number of benzene rings is 2. The van der Waals surface area contributed by atoms with Gasteiger partial charge in [-0.15, -0.1) is 0 Å². The first-order valence-electron chi connectivity index (χ1n) is 11.5. The number of hydrogen-bond donors (Lipinski definition) is 1. The van der Waals surface area contributed by atoms with Crippen molar-refractivity contribution in [1.29, 1.82) is 0 Å². The standard InChI is InChI=1S/C26H34FNO5/c1-3-4-5-6-7-8-9-13-19-32-23-18-14-15-21(20-23)28-24(29)26(27,25(30)31-2)33-22-16-11-10-12-17-22/h10-12,14-18,20H,3-9,13,19H2,1-2H3,(H,28,29). The van der Waals surface area contributed by atoms with Gasteiger partial charge in [0.1, 0.15) is 11.5 Å². The Hall–Kier alpha value is -3.09. The highest BCUT2D eigenvalue weighted by molar-refractivity contribution is 6.10. The topological polar surface area (TPSA) is 73.9 Å². The van der Waals surface area contributed by atoms with Gasteiger partial charge in [0.15, 0.2) is 0 Å². The molecule has 0 saturated carbocycles. The number of para-hydroxylation sites is 1. The first-order valence-corrected chi connectivity index (χ1v) is 11.5. The van der Waals surface area contributed by atoms with Gasteiger partial charge in [-0.2, -0.15) is 4.39 Å². The zero-order chi connectivity index (χ0) is 23.9. The van der Waals surface area contributed by atoms with E-state index < -0.39 is 17.7 Å². The van der Waals surface area contributed by atoms with E-state index in [0.717, 1.165) is 20.0 Å². The van der Waals surface area contributed by atoms with Crippen LogP contribution < -0.4 is 14.8 Å². The molecule has 0 fully saturated rings. The van der Waals surface area contributed by atoms with Crippen LogP contribution in [0.1, 0.15) is 58.3 Å². The number of anilines is 1. The molecule has 1 amide bonds. The van der Waals surface area contributed by atoms with Crippen LogP contribution in [0.3, 0.4) is 0 Å². The molecule has 7 heteroatoms. The fraction of sp³-hybridized carbons (Fsp3) is 0.462. The van der Waals surface area contributed by atoms with E-state index in [-0.39, 0.29) is 11.4 Å². The summed E-state index contributed by atoms with van der Waals surface area (Å²) in [6.07, 6.45) is 9.62. The molecule has 33 heavy (non-hydrogen) atoms. The molecule has 0 saturated heterocycles. The van der Waals surface area contributed by atoms with Crippen molar-refractivity contribution in [2.45, 2.75) is 64.1 Å². The first-order chi connectivity index (χ1) is 16.0. The zero-order valence-corrected chi connectivity index (χ0v) is 19.5. The lowest BCUT2D eigenvalue weighted by atomic mass is 10.1. The maximum Gasteiger partial charge on any atom is 0.425 e. The smallest absolute Gasteiger partial charge is 0.425 e. The summed E-state index contributed by atoms with van der Waals surface area (Å²) in [5, 5.41) is 2.37. The predicted molar refractivity (Wildman–Crippen MR) is 126 cm³/mol. The fourth-order valence-corrected chi connectivity index (χ4v) is 3.26. The summed E-state index contributed by atoms with van der Waals surface area (Å²) in [7, 11) is 0.984. The zero-order valence-electron chi connectivity index (χ0n) is 19.5. The van der Waals surface area contributed by atoms with E-state index in [2.05, 4.69) is 17.0 Å². The number of ether oxygens (including phenoxy) is 3. The molecule has 2 aromatic rings. The summed E-state index contributed by atoms with van der Waals surface area (Å²) < 4.78 is 30.6.